The van der Waals surface area contributed by atoms with Gasteiger partial charge in [0.1, 0.15) is 0 Å². The molecular weight excluding hydrogens is 236 g/mol. The van der Waals surface area contributed by atoms with Crippen LogP contribution in [0.2, 0.25) is 0 Å². The Kier molecular flexibility index (Phi) is 3.54. The lowest BCUT2D eigenvalue weighted by Crippen LogP contribution is -2.47. The van der Waals surface area contributed by atoms with Crippen LogP contribution in [-0.4, -0.2) is 56.5 Å². The van der Waals surface area contributed by atoms with Crippen molar-refractivity contribution in [1.29, 1.82) is 0 Å². The minimum atomic E-state index is -2.78. The van der Waals surface area contributed by atoms with Gasteiger partial charge in [-0.05, 0) is 18.8 Å². The lowest BCUT2D eigenvalue weighted by atomic mass is 9.92. The van der Waals surface area contributed by atoms with Crippen LogP contribution in [0, 0.1) is 5.41 Å². The van der Waals surface area contributed by atoms with Gasteiger partial charge in [-0.25, -0.2) is 8.42 Å². The molecule has 2 atom stereocenters. The van der Waals surface area contributed by atoms with E-state index in [-0.39, 0.29) is 11.5 Å². The van der Waals surface area contributed by atoms with Gasteiger partial charge < -0.3 is 5.32 Å². The Morgan fingerprint density at radius 1 is 1.35 bits per heavy atom. The van der Waals surface area contributed by atoms with Crippen LogP contribution in [0.5, 0.6) is 0 Å². The molecule has 0 amide bonds. The number of nitrogens with one attached hydrogen (secondary N) is 1. The maximum absolute atomic E-state index is 11.6. The summed E-state index contributed by atoms with van der Waals surface area (Å²) in [4.78, 5) is 2.41. The van der Waals surface area contributed by atoms with Crippen molar-refractivity contribution in [2.24, 2.45) is 5.41 Å². The molecule has 2 rings (SSSR count). The first-order valence-electron chi connectivity index (χ1n) is 6.46. The predicted octanol–water partition coefficient (Wildman–Crippen LogP) is 0.493. The van der Waals surface area contributed by atoms with Crippen LogP contribution >= 0.6 is 0 Å². The zero-order chi connectivity index (χ0) is 12.7. The molecule has 0 aromatic heterocycles. The van der Waals surface area contributed by atoms with Crippen LogP contribution in [0.1, 0.15) is 27.2 Å². The lowest BCUT2D eigenvalue weighted by Gasteiger charge is -2.36. The Morgan fingerprint density at radius 2 is 2.06 bits per heavy atom. The fourth-order valence-corrected chi connectivity index (χ4v) is 4.71. The van der Waals surface area contributed by atoms with Gasteiger partial charge in [0.15, 0.2) is 9.84 Å². The Labute approximate surface area is 105 Å². The third-order valence-electron chi connectivity index (χ3n) is 3.90. The Morgan fingerprint density at radius 3 is 2.65 bits per heavy atom. The summed E-state index contributed by atoms with van der Waals surface area (Å²) >= 11 is 0. The van der Waals surface area contributed by atoms with Crippen LogP contribution in [-0.2, 0) is 9.84 Å². The summed E-state index contributed by atoms with van der Waals surface area (Å²) in [6.07, 6.45) is 0.808. The number of hydrogen-bond donors (Lipinski definition) is 1. The zero-order valence-corrected chi connectivity index (χ0v) is 11.9. The van der Waals surface area contributed by atoms with Crippen molar-refractivity contribution < 1.29 is 8.42 Å². The summed E-state index contributed by atoms with van der Waals surface area (Å²) in [5.74, 6) is 0.724. The van der Waals surface area contributed by atoms with Gasteiger partial charge in [-0.15, -0.1) is 0 Å². The largest absolute Gasteiger partial charge is 0.315 e. The lowest BCUT2D eigenvalue weighted by molar-refractivity contribution is 0.123. The molecule has 0 radical (unpaired) electrons. The van der Waals surface area contributed by atoms with Crippen molar-refractivity contribution in [2.45, 2.75) is 39.3 Å². The van der Waals surface area contributed by atoms with Crippen molar-refractivity contribution in [1.82, 2.24) is 10.2 Å². The first-order chi connectivity index (χ1) is 7.79. The van der Waals surface area contributed by atoms with Crippen molar-refractivity contribution in [3.8, 4) is 0 Å². The molecule has 0 aromatic rings. The van der Waals surface area contributed by atoms with Gasteiger partial charge in [-0.1, -0.05) is 13.8 Å². The number of rotatable bonds is 1. The highest BCUT2D eigenvalue weighted by molar-refractivity contribution is 7.91. The summed E-state index contributed by atoms with van der Waals surface area (Å²) in [6.45, 7) is 9.64. The summed E-state index contributed by atoms with van der Waals surface area (Å²) in [5.41, 5.74) is 0.219. The second-order valence-corrected chi connectivity index (χ2v) is 8.60. The maximum atomic E-state index is 11.6. The van der Waals surface area contributed by atoms with E-state index in [1.54, 1.807) is 0 Å². The molecule has 5 heteroatoms. The molecule has 2 aliphatic rings. The molecule has 100 valence electrons. The van der Waals surface area contributed by atoms with E-state index in [4.69, 9.17) is 0 Å². The Hall–Kier alpha value is -0.130. The van der Waals surface area contributed by atoms with E-state index in [2.05, 4.69) is 31.0 Å². The van der Waals surface area contributed by atoms with Crippen molar-refractivity contribution in [3.63, 3.8) is 0 Å². The first kappa shape index (κ1) is 13.3. The summed E-state index contributed by atoms with van der Waals surface area (Å²) < 4.78 is 23.2. The van der Waals surface area contributed by atoms with Crippen LogP contribution < -0.4 is 5.32 Å². The molecule has 0 bridgehead atoms. The number of hydrogen-bond acceptors (Lipinski definition) is 4. The quantitative estimate of drug-likeness (QED) is 0.745. The molecule has 4 nitrogen and oxygen atoms in total. The van der Waals surface area contributed by atoms with Crippen LogP contribution in [0.4, 0.5) is 0 Å². The van der Waals surface area contributed by atoms with Gasteiger partial charge in [0, 0.05) is 31.7 Å². The van der Waals surface area contributed by atoms with Gasteiger partial charge in [0.05, 0.1) is 11.5 Å². The highest BCUT2D eigenvalue weighted by atomic mass is 32.2. The Bertz CT molecular complexity index is 378. The predicted molar refractivity (Wildman–Crippen MR) is 69.9 cm³/mol. The summed E-state index contributed by atoms with van der Waals surface area (Å²) in [6, 6.07) is 0.657. The van der Waals surface area contributed by atoms with E-state index in [1.807, 2.05) is 0 Å². The highest BCUT2D eigenvalue weighted by Crippen LogP contribution is 2.26. The third kappa shape index (κ3) is 3.20. The van der Waals surface area contributed by atoms with Crippen LogP contribution in [0.3, 0.4) is 0 Å². The Balaban J connectivity index is 2.12. The standard InChI is InChI=1S/C12H24N2O2S/c1-10-6-13-8-12(2,3)9-14(10)11-4-5-17(15,16)7-11/h10-11,13H,4-9H2,1-3H3. The third-order valence-corrected chi connectivity index (χ3v) is 5.65. The van der Waals surface area contributed by atoms with E-state index in [0.717, 1.165) is 26.1 Å². The SMILES string of the molecule is CC1CNCC(C)(C)CN1C1CCS(=O)(=O)C1. The van der Waals surface area contributed by atoms with E-state index in [0.29, 0.717) is 17.5 Å². The molecule has 0 aromatic carbocycles. The fraction of sp³-hybridized carbons (Fsp3) is 1.00. The molecular formula is C12H24N2O2S. The average molecular weight is 260 g/mol. The molecule has 0 spiro atoms. The van der Waals surface area contributed by atoms with Crippen LogP contribution in [0.15, 0.2) is 0 Å². The molecule has 2 unspecified atom stereocenters. The minimum absolute atomic E-state index is 0.219. The van der Waals surface area contributed by atoms with Crippen molar-refractivity contribution >= 4 is 9.84 Å². The second kappa shape index (κ2) is 4.52. The van der Waals surface area contributed by atoms with Crippen molar-refractivity contribution in [2.75, 3.05) is 31.1 Å². The van der Waals surface area contributed by atoms with Gasteiger partial charge >= 0.3 is 0 Å². The van der Waals surface area contributed by atoms with E-state index < -0.39 is 9.84 Å². The van der Waals surface area contributed by atoms with Crippen molar-refractivity contribution in [3.05, 3.63) is 0 Å². The van der Waals surface area contributed by atoms with Crippen LogP contribution in [0.25, 0.3) is 0 Å². The topological polar surface area (TPSA) is 49.4 Å². The number of nitrogens with zero attached hydrogens (tertiary/aromatic N) is 1. The van der Waals surface area contributed by atoms with Gasteiger partial charge in [0.25, 0.3) is 0 Å². The van der Waals surface area contributed by atoms with E-state index in [1.165, 1.54) is 0 Å². The molecule has 2 fully saturated rings. The highest BCUT2D eigenvalue weighted by Gasteiger charge is 2.38. The minimum Gasteiger partial charge on any atom is -0.315 e. The number of sulfone groups is 1. The summed E-state index contributed by atoms with van der Waals surface area (Å²) in [7, 11) is -2.78. The molecule has 1 N–H and O–H groups in total. The first-order valence-corrected chi connectivity index (χ1v) is 8.28. The zero-order valence-electron chi connectivity index (χ0n) is 11.1. The smallest absolute Gasteiger partial charge is 0.151 e. The molecule has 2 aliphatic heterocycles. The van der Waals surface area contributed by atoms with Gasteiger partial charge in [-0.2, -0.15) is 0 Å². The summed E-state index contributed by atoms with van der Waals surface area (Å²) in [5, 5.41) is 3.47. The van der Waals surface area contributed by atoms with E-state index in [9.17, 15) is 8.42 Å². The molecule has 2 saturated heterocycles. The normalized spacial score (nSPS) is 37.8. The monoisotopic (exact) mass is 260 g/mol. The van der Waals surface area contributed by atoms with Gasteiger partial charge in [-0.3, -0.25) is 4.90 Å². The van der Waals surface area contributed by atoms with Gasteiger partial charge in [0.2, 0.25) is 0 Å². The molecule has 0 aliphatic carbocycles. The second-order valence-electron chi connectivity index (χ2n) is 6.37. The molecule has 17 heavy (non-hydrogen) atoms. The van der Waals surface area contributed by atoms with E-state index >= 15 is 0 Å². The molecule has 2 heterocycles. The molecule has 0 saturated carbocycles. The average Bonchev–Trinajstić information content (AvgIpc) is 2.47. The maximum Gasteiger partial charge on any atom is 0.151 e. The fourth-order valence-electron chi connectivity index (χ4n) is 2.97.